The molecule has 0 aliphatic carbocycles. The highest BCUT2D eigenvalue weighted by Crippen LogP contribution is 2.14. The number of amides is 2. The summed E-state index contributed by atoms with van der Waals surface area (Å²) in [5, 5.41) is 16.0. The molecule has 2 amide bonds. The van der Waals surface area contributed by atoms with Crippen LogP contribution in [-0.2, 0) is 16.1 Å². The molecule has 118 valence electrons. The van der Waals surface area contributed by atoms with Gasteiger partial charge in [-0.2, -0.15) is 0 Å². The third kappa shape index (κ3) is 4.96. The molecule has 6 heteroatoms. The minimum absolute atomic E-state index is 0.105. The van der Waals surface area contributed by atoms with Crippen LogP contribution in [0, 0.1) is 0 Å². The number of carbonyl (C=O) groups excluding carboxylic acids is 3. The van der Waals surface area contributed by atoms with E-state index in [0.717, 1.165) is 5.56 Å². The predicted octanol–water partition coefficient (Wildman–Crippen LogP) is 0.695. The predicted molar refractivity (Wildman–Crippen MR) is 82.3 cm³/mol. The van der Waals surface area contributed by atoms with Crippen LogP contribution in [0.1, 0.15) is 22.3 Å². The Kier molecular flexibility index (Phi) is 5.46. The first-order chi connectivity index (χ1) is 11.1. The van der Waals surface area contributed by atoms with Gasteiger partial charge in [0.15, 0.2) is 0 Å². The molecule has 0 saturated carbocycles. The molecule has 0 radical (unpaired) electrons. The Morgan fingerprint density at radius 2 is 1.52 bits per heavy atom. The maximum atomic E-state index is 11.8. The Morgan fingerprint density at radius 3 is 2.22 bits per heavy atom. The van der Waals surface area contributed by atoms with Gasteiger partial charge < -0.3 is 20.5 Å². The standard InChI is InChI=1S/C17H16N2O4/c20-15(18-11-12-6-2-1-3-7-12)10-16(21)19-14-9-5-4-8-13(14)17(22)23/h1-9H,10-11H2,(H,18,20)(H,19,21)(H,22,23)/p-1. The number of carboxylic acids is 1. The van der Waals surface area contributed by atoms with Gasteiger partial charge in [0.25, 0.3) is 0 Å². The van der Waals surface area contributed by atoms with E-state index < -0.39 is 24.2 Å². The number of carboxylic acid groups (broad SMARTS) is 1. The van der Waals surface area contributed by atoms with Gasteiger partial charge in [-0.1, -0.05) is 48.5 Å². The molecule has 0 aliphatic heterocycles. The summed E-state index contributed by atoms with van der Waals surface area (Å²) in [6, 6.07) is 15.1. The Hall–Kier alpha value is -3.15. The lowest BCUT2D eigenvalue weighted by Gasteiger charge is -2.11. The molecule has 0 aromatic heterocycles. The number of hydrogen-bond donors (Lipinski definition) is 2. The SMILES string of the molecule is O=C(CC(=O)Nc1ccccc1C(=O)[O-])NCc1ccccc1. The van der Waals surface area contributed by atoms with Crippen LogP contribution < -0.4 is 15.7 Å². The van der Waals surface area contributed by atoms with Crippen molar-refractivity contribution in [3.8, 4) is 0 Å². The molecule has 2 aromatic carbocycles. The van der Waals surface area contributed by atoms with E-state index in [1.54, 1.807) is 6.07 Å². The van der Waals surface area contributed by atoms with Crippen molar-refractivity contribution >= 4 is 23.5 Å². The molecule has 0 aliphatic rings. The summed E-state index contributed by atoms with van der Waals surface area (Å²) in [5.41, 5.74) is 0.891. The molecular formula is C17H15N2O4-. The summed E-state index contributed by atoms with van der Waals surface area (Å²) in [7, 11) is 0. The fraction of sp³-hybridized carbons (Fsp3) is 0.118. The minimum atomic E-state index is -1.39. The van der Waals surface area contributed by atoms with E-state index in [9.17, 15) is 19.5 Å². The monoisotopic (exact) mass is 311 g/mol. The lowest BCUT2D eigenvalue weighted by Crippen LogP contribution is -2.29. The largest absolute Gasteiger partial charge is 0.545 e. The Balaban J connectivity index is 1.87. The summed E-state index contributed by atoms with van der Waals surface area (Å²) in [6.07, 6.45) is -0.395. The second kappa shape index (κ2) is 7.74. The van der Waals surface area contributed by atoms with Crippen LogP contribution in [0.2, 0.25) is 0 Å². The highest BCUT2D eigenvalue weighted by molar-refractivity contribution is 6.06. The van der Waals surface area contributed by atoms with Gasteiger partial charge in [-0.25, -0.2) is 0 Å². The fourth-order valence-electron chi connectivity index (χ4n) is 1.97. The van der Waals surface area contributed by atoms with Crippen molar-refractivity contribution in [2.45, 2.75) is 13.0 Å². The average Bonchev–Trinajstić information content (AvgIpc) is 2.54. The molecule has 2 N–H and O–H groups in total. The normalized spacial score (nSPS) is 9.91. The third-order valence-electron chi connectivity index (χ3n) is 3.07. The van der Waals surface area contributed by atoms with Gasteiger partial charge in [0.1, 0.15) is 6.42 Å². The van der Waals surface area contributed by atoms with Crippen LogP contribution in [0.4, 0.5) is 5.69 Å². The molecule has 2 aromatic rings. The van der Waals surface area contributed by atoms with Crippen LogP contribution in [0.15, 0.2) is 54.6 Å². The average molecular weight is 311 g/mol. The van der Waals surface area contributed by atoms with Crippen molar-refractivity contribution in [3.05, 3.63) is 65.7 Å². The van der Waals surface area contributed by atoms with Crippen molar-refractivity contribution in [2.24, 2.45) is 0 Å². The number of anilines is 1. The fourth-order valence-corrected chi connectivity index (χ4v) is 1.97. The number of carbonyl (C=O) groups is 3. The highest BCUT2D eigenvalue weighted by atomic mass is 16.4. The Bertz CT molecular complexity index is 714. The number of rotatable bonds is 6. The van der Waals surface area contributed by atoms with Crippen molar-refractivity contribution < 1.29 is 19.5 Å². The lowest BCUT2D eigenvalue weighted by molar-refractivity contribution is -0.254. The van der Waals surface area contributed by atoms with Gasteiger partial charge in [-0.05, 0) is 11.6 Å². The zero-order valence-corrected chi connectivity index (χ0v) is 12.2. The smallest absolute Gasteiger partial charge is 0.233 e. The molecule has 0 unspecified atom stereocenters. The summed E-state index contributed by atoms with van der Waals surface area (Å²) in [5.74, 6) is -2.43. The third-order valence-corrected chi connectivity index (χ3v) is 3.07. The zero-order chi connectivity index (χ0) is 16.7. The van der Waals surface area contributed by atoms with Crippen LogP contribution in [0.5, 0.6) is 0 Å². The highest BCUT2D eigenvalue weighted by Gasteiger charge is 2.11. The zero-order valence-electron chi connectivity index (χ0n) is 12.2. The molecule has 0 atom stereocenters. The second-order valence-electron chi connectivity index (χ2n) is 4.82. The Morgan fingerprint density at radius 1 is 0.870 bits per heavy atom. The summed E-state index contributed by atoms with van der Waals surface area (Å²) in [6.45, 7) is 0.322. The molecule has 6 nitrogen and oxygen atoms in total. The first kappa shape index (κ1) is 16.2. The number of para-hydroxylation sites is 1. The van der Waals surface area contributed by atoms with E-state index in [4.69, 9.17) is 0 Å². The first-order valence-electron chi connectivity index (χ1n) is 6.97. The van der Waals surface area contributed by atoms with Crippen LogP contribution in [0.25, 0.3) is 0 Å². The van der Waals surface area contributed by atoms with E-state index in [2.05, 4.69) is 10.6 Å². The van der Waals surface area contributed by atoms with Gasteiger partial charge >= 0.3 is 0 Å². The number of hydrogen-bond acceptors (Lipinski definition) is 4. The van der Waals surface area contributed by atoms with Crippen LogP contribution >= 0.6 is 0 Å². The van der Waals surface area contributed by atoms with Gasteiger partial charge in [-0.15, -0.1) is 0 Å². The molecule has 0 saturated heterocycles. The minimum Gasteiger partial charge on any atom is -0.545 e. The van der Waals surface area contributed by atoms with Crippen LogP contribution in [0.3, 0.4) is 0 Å². The van der Waals surface area contributed by atoms with E-state index in [0.29, 0.717) is 6.54 Å². The summed E-state index contributed by atoms with van der Waals surface area (Å²) in [4.78, 5) is 34.5. The molecule has 0 bridgehead atoms. The summed E-state index contributed by atoms with van der Waals surface area (Å²) >= 11 is 0. The molecule has 0 fully saturated rings. The van der Waals surface area contributed by atoms with Gasteiger partial charge in [0.05, 0.1) is 5.97 Å². The molecule has 0 heterocycles. The number of benzene rings is 2. The van der Waals surface area contributed by atoms with Gasteiger partial charge in [-0.3, -0.25) is 9.59 Å². The maximum absolute atomic E-state index is 11.8. The lowest BCUT2D eigenvalue weighted by atomic mass is 10.1. The van der Waals surface area contributed by atoms with E-state index in [-0.39, 0.29) is 11.3 Å². The summed E-state index contributed by atoms with van der Waals surface area (Å²) < 4.78 is 0. The van der Waals surface area contributed by atoms with Crippen molar-refractivity contribution in [1.82, 2.24) is 5.32 Å². The molecule has 23 heavy (non-hydrogen) atoms. The topological polar surface area (TPSA) is 98.3 Å². The van der Waals surface area contributed by atoms with Gasteiger partial charge in [0.2, 0.25) is 11.8 Å². The van der Waals surface area contributed by atoms with Crippen molar-refractivity contribution in [3.63, 3.8) is 0 Å². The Labute approximate surface area is 133 Å². The van der Waals surface area contributed by atoms with E-state index >= 15 is 0 Å². The first-order valence-corrected chi connectivity index (χ1v) is 6.97. The van der Waals surface area contributed by atoms with Crippen molar-refractivity contribution in [2.75, 3.05) is 5.32 Å². The van der Waals surface area contributed by atoms with Crippen LogP contribution in [-0.4, -0.2) is 17.8 Å². The molecular weight excluding hydrogens is 296 g/mol. The van der Waals surface area contributed by atoms with E-state index in [1.165, 1.54) is 18.2 Å². The maximum Gasteiger partial charge on any atom is 0.233 e. The number of aromatic carboxylic acids is 1. The van der Waals surface area contributed by atoms with Gasteiger partial charge in [0, 0.05) is 17.8 Å². The van der Waals surface area contributed by atoms with E-state index in [1.807, 2.05) is 30.3 Å². The molecule has 2 rings (SSSR count). The second-order valence-corrected chi connectivity index (χ2v) is 4.82. The molecule has 0 spiro atoms. The quantitative estimate of drug-likeness (QED) is 0.767. The van der Waals surface area contributed by atoms with Crippen molar-refractivity contribution in [1.29, 1.82) is 0 Å². The number of nitrogens with one attached hydrogen (secondary N) is 2.